The molecule has 0 saturated heterocycles. The Balaban J connectivity index is 1.60. The molecule has 0 amide bonds. The second-order valence-corrected chi connectivity index (χ2v) is 4.89. The van der Waals surface area contributed by atoms with Gasteiger partial charge in [0.05, 0.1) is 6.61 Å². The second kappa shape index (κ2) is 9.00. The minimum absolute atomic E-state index is 0.185. The molecule has 0 N–H and O–H groups in total. The summed E-state index contributed by atoms with van der Waals surface area (Å²) in [6, 6.07) is 11.9. The van der Waals surface area contributed by atoms with Gasteiger partial charge in [-0.2, -0.15) is 0 Å². The normalized spacial score (nSPS) is 10.6. The molecule has 5 nitrogen and oxygen atoms in total. The number of nitrogens with zero attached hydrogens (tertiary/aromatic N) is 1. The number of ether oxygens (including phenoxy) is 2. The number of hydrogen-bond donors (Lipinski definition) is 0. The maximum absolute atomic E-state index is 11.4. The van der Waals surface area contributed by atoms with Crippen molar-refractivity contribution in [2.45, 2.75) is 32.8 Å². The van der Waals surface area contributed by atoms with E-state index in [1.807, 2.05) is 6.07 Å². The summed E-state index contributed by atoms with van der Waals surface area (Å²) in [6.07, 6.45) is 3.11. The summed E-state index contributed by atoms with van der Waals surface area (Å²) in [6.45, 7) is 3.04. The van der Waals surface area contributed by atoms with Crippen LogP contribution in [0.15, 0.2) is 40.9 Å². The summed E-state index contributed by atoms with van der Waals surface area (Å²) in [4.78, 5) is 11.4. The van der Waals surface area contributed by atoms with Gasteiger partial charge in [0.2, 0.25) is 0 Å². The first-order valence-corrected chi connectivity index (χ1v) is 7.54. The minimum atomic E-state index is -0.472. The summed E-state index contributed by atoms with van der Waals surface area (Å²) < 4.78 is 15.4. The zero-order valence-electron chi connectivity index (χ0n) is 12.8. The lowest BCUT2D eigenvalue weighted by Crippen LogP contribution is -2.04. The maximum atomic E-state index is 11.4. The van der Waals surface area contributed by atoms with E-state index >= 15 is 0 Å². The lowest BCUT2D eigenvalue weighted by atomic mass is 10.1. The Bertz CT molecular complexity index is 565. The standard InChI is InChI=1S/C17H21NO4/c1-2-21-17(19)16-12-15(22-18-16)13-20-11-7-6-10-14-8-4-3-5-9-14/h3-5,8-9,12H,2,6-7,10-11,13H2,1H3. The Morgan fingerprint density at radius 1 is 1.23 bits per heavy atom. The van der Waals surface area contributed by atoms with Crippen molar-refractivity contribution in [2.24, 2.45) is 0 Å². The number of benzene rings is 1. The first-order valence-electron chi connectivity index (χ1n) is 7.54. The number of rotatable bonds is 9. The zero-order valence-corrected chi connectivity index (χ0v) is 12.8. The van der Waals surface area contributed by atoms with Crippen molar-refractivity contribution in [1.82, 2.24) is 5.16 Å². The van der Waals surface area contributed by atoms with E-state index in [2.05, 4.69) is 29.4 Å². The van der Waals surface area contributed by atoms with Crippen molar-refractivity contribution in [2.75, 3.05) is 13.2 Å². The van der Waals surface area contributed by atoms with Crippen LogP contribution in [0.25, 0.3) is 0 Å². The highest BCUT2D eigenvalue weighted by Crippen LogP contribution is 2.08. The van der Waals surface area contributed by atoms with Gasteiger partial charge in [0.1, 0.15) is 6.61 Å². The van der Waals surface area contributed by atoms with Crippen LogP contribution in [-0.2, 0) is 22.5 Å². The number of unbranched alkanes of at least 4 members (excludes halogenated alkanes) is 1. The van der Waals surface area contributed by atoms with Gasteiger partial charge in [-0.1, -0.05) is 35.5 Å². The van der Waals surface area contributed by atoms with Gasteiger partial charge >= 0.3 is 5.97 Å². The third-order valence-electron chi connectivity index (χ3n) is 3.13. The van der Waals surface area contributed by atoms with Crippen LogP contribution in [0.3, 0.4) is 0 Å². The van der Waals surface area contributed by atoms with Gasteiger partial charge in [-0.15, -0.1) is 0 Å². The maximum Gasteiger partial charge on any atom is 0.360 e. The van der Waals surface area contributed by atoms with E-state index in [0.29, 0.717) is 25.6 Å². The van der Waals surface area contributed by atoms with E-state index in [1.54, 1.807) is 13.0 Å². The van der Waals surface area contributed by atoms with Crippen molar-refractivity contribution < 1.29 is 18.8 Å². The molecule has 22 heavy (non-hydrogen) atoms. The summed E-state index contributed by atoms with van der Waals surface area (Å²) in [5.41, 5.74) is 1.53. The summed E-state index contributed by atoms with van der Waals surface area (Å²) in [5, 5.41) is 3.66. The molecule has 0 fully saturated rings. The largest absolute Gasteiger partial charge is 0.461 e. The van der Waals surface area contributed by atoms with Crippen LogP contribution in [0.5, 0.6) is 0 Å². The molecule has 5 heteroatoms. The molecule has 0 aliphatic rings. The molecular formula is C17H21NO4. The van der Waals surface area contributed by atoms with Gasteiger partial charge < -0.3 is 14.0 Å². The van der Waals surface area contributed by atoms with Crippen molar-refractivity contribution in [3.63, 3.8) is 0 Å². The van der Waals surface area contributed by atoms with Crippen LogP contribution in [0, 0.1) is 0 Å². The number of hydrogen-bond acceptors (Lipinski definition) is 5. The van der Waals surface area contributed by atoms with Crippen LogP contribution in [0.2, 0.25) is 0 Å². The van der Waals surface area contributed by atoms with E-state index < -0.39 is 5.97 Å². The highest BCUT2D eigenvalue weighted by atomic mass is 16.5. The molecule has 0 atom stereocenters. The molecule has 1 aromatic heterocycles. The molecule has 0 spiro atoms. The molecule has 2 aromatic rings. The molecule has 0 aliphatic heterocycles. The summed E-state index contributed by atoms with van der Waals surface area (Å²) in [5.74, 6) is 0.0615. The molecule has 118 valence electrons. The lowest BCUT2D eigenvalue weighted by molar-refractivity contribution is 0.0513. The van der Waals surface area contributed by atoms with E-state index in [0.717, 1.165) is 19.3 Å². The molecule has 2 rings (SSSR count). The van der Waals surface area contributed by atoms with Crippen LogP contribution in [0.4, 0.5) is 0 Å². The predicted octanol–water partition coefficient (Wildman–Crippen LogP) is 3.39. The van der Waals surface area contributed by atoms with Gasteiger partial charge in [-0.3, -0.25) is 0 Å². The van der Waals surface area contributed by atoms with Crippen molar-refractivity contribution in [3.8, 4) is 0 Å². The fourth-order valence-corrected chi connectivity index (χ4v) is 2.03. The monoisotopic (exact) mass is 303 g/mol. The van der Waals surface area contributed by atoms with E-state index in [1.165, 1.54) is 5.56 Å². The Labute approximate surface area is 130 Å². The molecule has 0 aliphatic carbocycles. The fourth-order valence-electron chi connectivity index (χ4n) is 2.03. The minimum Gasteiger partial charge on any atom is -0.461 e. The average molecular weight is 303 g/mol. The lowest BCUT2D eigenvalue weighted by Gasteiger charge is -2.02. The van der Waals surface area contributed by atoms with Gasteiger partial charge in [-0.05, 0) is 31.7 Å². The smallest absolute Gasteiger partial charge is 0.360 e. The number of carbonyl (C=O) groups is 1. The second-order valence-electron chi connectivity index (χ2n) is 4.89. The van der Waals surface area contributed by atoms with Crippen molar-refractivity contribution in [3.05, 3.63) is 53.4 Å². The number of esters is 1. The van der Waals surface area contributed by atoms with Crippen molar-refractivity contribution >= 4 is 5.97 Å². The Morgan fingerprint density at radius 3 is 2.82 bits per heavy atom. The summed E-state index contributed by atoms with van der Waals surface area (Å²) >= 11 is 0. The van der Waals surface area contributed by atoms with Gasteiger partial charge in [0.25, 0.3) is 0 Å². The fraction of sp³-hybridized carbons (Fsp3) is 0.412. The summed E-state index contributed by atoms with van der Waals surface area (Å²) in [7, 11) is 0. The predicted molar refractivity (Wildman–Crippen MR) is 81.5 cm³/mol. The molecule has 0 unspecified atom stereocenters. The third-order valence-corrected chi connectivity index (χ3v) is 3.13. The molecule has 0 radical (unpaired) electrons. The van der Waals surface area contributed by atoms with E-state index in [9.17, 15) is 4.79 Å². The SMILES string of the molecule is CCOC(=O)c1cc(COCCCCc2ccccc2)on1. The Kier molecular flexibility index (Phi) is 6.64. The Hall–Kier alpha value is -2.14. The number of aryl methyl sites for hydroxylation is 1. The Morgan fingerprint density at radius 2 is 2.05 bits per heavy atom. The quantitative estimate of drug-likeness (QED) is 0.525. The van der Waals surface area contributed by atoms with Crippen LogP contribution in [0.1, 0.15) is 41.6 Å². The zero-order chi connectivity index (χ0) is 15.6. The molecule has 1 aromatic carbocycles. The topological polar surface area (TPSA) is 61.6 Å². The first kappa shape index (κ1) is 16.2. The van der Waals surface area contributed by atoms with Gasteiger partial charge in [-0.25, -0.2) is 4.79 Å². The van der Waals surface area contributed by atoms with Gasteiger partial charge in [0, 0.05) is 12.7 Å². The third kappa shape index (κ3) is 5.33. The van der Waals surface area contributed by atoms with Crippen LogP contribution in [-0.4, -0.2) is 24.3 Å². The van der Waals surface area contributed by atoms with E-state index in [4.69, 9.17) is 14.0 Å². The molecule has 0 saturated carbocycles. The molecule has 1 heterocycles. The van der Waals surface area contributed by atoms with Crippen LogP contribution >= 0.6 is 0 Å². The first-order chi connectivity index (χ1) is 10.8. The molecule has 0 bridgehead atoms. The average Bonchev–Trinajstić information content (AvgIpc) is 3.01. The van der Waals surface area contributed by atoms with Crippen molar-refractivity contribution in [1.29, 1.82) is 0 Å². The van der Waals surface area contributed by atoms with Crippen LogP contribution < -0.4 is 0 Å². The number of aromatic nitrogens is 1. The highest BCUT2D eigenvalue weighted by molar-refractivity contribution is 5.87. The highest BCUT2D eigenvalue weighted by Gasteiger charge is 2.13. The number of carbonyl (C=O) groups excluding carboxylic acids is 1. The van der Waals surface area contributed by atoms with E-state index in [-0.39, 0.29) is 5.69 Å². The molecular weight excluding hydrogens is 282 g/mol. The van der Waals surface area contributed by atoms with Gasteiger partial charge in [0.15, 0.2) is 11.5 Å².